The third-order valence-corrected chi connectivity index (χ3v) is 4.61. The molecule has 2 aliphatic rings. The number of ether oxygens (including phenoxy) is 1. The van der Waals surface area contributed by atoms with Crippen molar-refractivity contribution in [2.75, 3.05) is 13.2 Å². The zero-order valence-electron chi connectivity index (χ0n) is 13.0. The van der Waals surface area contributed by atoms with Crippen LogP contribution in [0.2, 0.25) is 0 Å². The van der Waals surface area contributed by atoms with Crippen molar-refractivity contribution in [2.24, 2.45) is 11.8 Å². The lowest BCUT2D eigenvalue weighted by molar-refractivity contribution is 0.101. The average Bonchev–Trinajstić information content (AvgIpc) is 2.95. The van der Waals surface area contributed by atoms with E-state index in [9.17, 15) is 0 Å². The summed E-state index contributed by atoms with van der Waals surface area (Å²) in [5, 5.41) is 3.44. The highest BCUT2D eigenvalue weighted by atomic mass is 16.5. The highest BCUT2D eigenvalue weighted by Gasteiger charge is 2.28. The van der Waals surface area contributed by atoms with E-state index in [4.69, 9.17) is 9.72 Å². The van der Waals surface area contributed by atoms with Crippen molar-refractivity contribution in [1.29, 1.82) is 0 Å². The zero-order valence-corrected chi connectivity index (χ0v) is 13.0. The molecular formula is C16H27N3O. The smallest absolute Gasteiger partial charge is 0.109 e. The topological polar surface area (TPSA) is 39.1 Å². The first-order valence-corrected chi connectivity index (χ1v) is 8.04. The van der Waals surface area contributed by atoms with Gasteiger partial charge in [-0.05, 0) is 19.3 Å². The fourth-order valence-corrected chi connectivity index (χ4v) is 3.41. The van der Waals surface area contributed by atoms with Gasteiger partial charge in [0.05, 0.1) is 11.8 Å². The molecule has 1 N–H and O–H groups in total. The maximum atomic E-state index is 5.73. The maximum absolute atomic E-state index is 5.73. The number of hydrogen-bond donors (Lipinski definition) is 1. The third kappa shape index (κ3) is 2.77. The van der Waals surface area contributed by atoms with Crippen LogP contribution in [0.5, 0.6) is 0 Å². The minimum absolute atomic E-state index is 0.390. The van der Waals surface area contributed by atoms with Gasteiger partial charge in [-0.1, -0.05) is 13.8 Å². The fraction of sp³-hybridized carbons (Fsp3) is 0.812. The molecule has 0 aromatic carbocycles. The summed E-state index contributed by atoms with van der Waals surface area (Å²) in [6.07, 6.45) is 3.77. The van der Waals surface area contributed by atoms with Gasteiger partial charge in [0.2, 0.25) is 0 Å². The third-order valence-electron chi connectivity index (χ3n) is 4.61. The Morgan fingerprint density at radius 2 is 2.30 bits per heavy atom. The van der Waals surface area contributed by atoms with E-state index in [0.29, 0.717) is 17.9 Å². The highest BCUT2D eigenvalue weighted by Crippen LogP contribution is 2.26. The normalized spacial score (nSPS) is 26.2. The number of imidazole rings is 1. The summed E-state index contributed by atoms with van der Waals surface area (Å²) in [6, 6.07) is 0. The SMILES string of the molecule is CC(C)Cc1nc2c(n1CC1CCOC1C)CCNC2. The van der Waals surface area contributed by atoms with Crippen LogP contribution in [0.3, 0.4) is 0 Å². The summed E-state index contributed by atoms with van der Waals surface area (Å²) in [7, 11) is 0. The van der Waals surface area contributed by atoms with Gasteiger partial charge in [-0.2, -0.15) is 0 Å². The Balaban J connectivity index is 1.87. The Kier molecular flexibility index (Phi) is 4.13. The molecule has 3 rings (SSSR count). The van der Waals surface area contributed by atoms with Gasteiger partial charge in [0.15, 0.2) is 0 Å². The van der Waals surface area contributed by atoms with Gasteiger partial charge in [-0.15, -0.1) is 0 Å². The van der Waals surface area contributed by atoms with Crippen LogP contribution in [0.4, 0.5) is 0 Å². The van der Waals surface area contributed by atoms with Crippen molar-refractivity contribution in [3.8, 4) is 0 Å². The number of hydrogen-bond acceptors (Lipinski definition) is 3. The molecule has 3 heterocycles. The van der Waals surface area contributed by atoms with Crippen molar-refractivity contribution < 1.29 is 4.74 Å². The predicted octanol–water partition coefficient (Wildman–Crippen LogP) is 2.15. The average molecular weight is 277 g/mol. The second-order valence-corrected chi connectivity index (χ2v) is 6.68. The van der Waals surface area contributed by atoms with Crippen LogP contribution in [0.1, 0.15) is 44.4 Å². The van der Waals surface area contributed by atoms with Gasteiger partial charge in [-0.25, -0.2) is 4.98 Å². The van der Waals surface area contributed by atoms with Crippen molar-refractivity contribution in [3.05, 3.63) is 17.2 Å². The van der Waals surface area contributed by atoms with Crippen molar-refractivity contribution in [3.63, 3.8) is 0 Å². The molecule has 1 saturated heterocycles. The van der Waals surface area contributed by atoms with Crippen LogP contribution in [-0.2, 0) is 30.7 Å². The van der Waals surface area contributed by atoms with Crippen LogP contribution < -0.4 is 5.32 Å². The summed E-state index contributed by atoms with van der Waals surface area (Å²) >= 11 is 0. The van der Waals surface area contributed by atoms with E-state index >= 15 is 0 Å². The molecule has 0 aliphatic carbocycles. The Morgan fingerprint density at radius 1 is 1.45 bits per heavy atom. The molecule has 2 atom stereocenters. The quantitative estimate of drug-likeness (QED) is 0.916. The maximum Gasteiger partial charge on any atom is 0.109 e. The van der Waals surface area contributed by atoms with E-state index in [0.717, 1.165) is 39.1 Å². The lowest BCUT2D eigenvalue weighted by Gasteiger charge is -2.21. The van der Waals surface area contributed by atoms with Gasteiger partial charge in [0, 0.05) is 50.7 Å². The molecule has 0 bridgehead atoms. The van der Waals surface area contributed by atoms with E-state index in [1.54, 1.807) is 0 Å². The summed E-state index contributed by atoms with van der Waals surface area (Å²) in [5.74, 6) is 2.59. The molecule has 2 unspecified atom stereocenters. The van der Waals surface area contributed by atoms with E-state index in [-0.39, 0.29) is 0 Å². The van der Waals surface area contributed by atoms with E-state index in [2.05, 4.69) is 30.7 Å². The van der Waals surface area contributed by atoms with Crippen LogP contribution in [0.25, 0.3) is 0 Å². The summed E-state index contributed by atoms with van der Waals surface area (Å²) in [6.45, 7) is 10.8. The molecule has 1 fully saturated rings. The Bertz CT molecular complexity index is 467. The standard InChI is InChI=1S/C16H27N3O/c1-11(2)8-16-18-14-9-17-6-4-15(14)19(16)10-13-5-7-20-12(13)3/h11-13,17H,4-10H2,1-3H3. The van der Waals surface area contributed by atoms with Gasteiger partial charge in [0.25, 0.3) is 0 Å². The van der Waals surface area contributed by atoms with E-state index in [1.807, 2.05) is 0 Å². The van der Waals surface area contributed by atoms with Crippen LogP contribution >= 0.6 is 0 Å². The fourth-order valence-electron chi connectivity index (χ4n) is 3.41. The summed E-state index contributed by atoms with van der Waals surface area (Å²) in [4.78, 5) is 4.92. The predicted molar refractivity (Wildman–Crippen MR) is 79.7 cm³/mol. The van der Waals surface area contributed by atoms with E-state index in [1.165, 1.54) is 23.6 Å². The van der Waals surface area contributed by atoms with E-state index < -0.39 is 0 Å². The molecule has 0 amide bonds. The number of nitrogens with one attached hydrogen (secondary N) is 1. The minimum atomic E-state index is 0.390. The molecule has 0 saturated carbocycles. The first kappa shape index (κ1) is 14.1. The Labute approximate surface area is 121 Å². The van der Waals surface area contributed by atoms with Crippen molar-refractivity contribution in [2.45, 2.75) is 59.2 Å². The Hall–Kier alpha value is -0.870. The number of fused-ring (bicyclic) bond motifs is 1. The summed E-state index contributed by atoms with van der Waals surface area (Å²) in [5.41, 5.74) is 2.75. The molecule has 4 nitrogen and oxygen atoms in total. The molecule has 0 spiro atoms. The zero-order chi connectivity index (χ0) is 14.1. The highest BCUT2D eigenvalue weighted by molar-refractivity contribution is 5.21. The second kappa shape index (κ2) is 5.86. The molecule has 2 aliphatic heterocycles. The van der Waals surface area contributed by atoms with Crippen molar-refractivity contribution in [1.82, 2.24) is 14.9 Å². The largest absolute Gasteiger partial charge is 0.378 e. The lowest BCUT2D eigenvalue weighted by Crippen LogP contribution is -2.27. The minimum Gasteiger partial charge on any atom is -0.378 e. The molecule has 4 heteroatoms. The van der Waals surface area contributed by atoms with Crippen LogP contribution in [-0.4, -0.2) is 28.8 Å². The number of aromatic nitrogens is 2. The first-order valence-electron chi connectivity index (χ1n) is 8.04. The van der Waals surface area contributed by atoms with Crippen molar-refractivity contribution >= 4 is 0 Å². The first-order chi connectivity index (χ1) is 9.65. The monoisotopic (exact) mass is 277 g/mol. The van der Waals surface area contributed by atoms with Gasteiger partial charge < -0.3 is 14.6 Å². The number of nitrogens with zero attached hydrogens (tertiary/aromatic N) is 2. The Morgan fingerprint density at radius 3 is 3.00 bits per heavy atom. The second-order valence-electron chi connectivity index (χ2n) is 6.68. The molecule has 1 aromatic rings. The van der Waals surface area contributed by atoms with Crippen LogP contribution in [0, 0.1) is 11.8 Å². The van der Waals surface area contributed by atoms with Crippen LogP contribution in [0.15, 0.2) is 0 Å². The molecule has 0 radical (unpaired) electrons. The number of rotatable bonds is 4. The molecule has 112 valence electrons. The molecule has 1 aromatic heterocycles. The van der Waals surface area contributed by atoms with Gasteiger partial charge in [-0.3, -0.25) is 0 Å². The summed E-state index contributed by atoms with van der Waals surface area (Å²) < 4.78 is 8.25. The lowest BCUT2D eigenvalue weighted by atomic mass is 10.0. The molecule has 20 heavy (non-hydrogen) atoms. The van der Waals surface area contributed by atoms with Gasteiger partial charge >= 0.3 is 0 Å². The molecular weight excluding hydrogens is 250 g/mol. The van der Waals surface area contributed by atoms with Gasteiger partial charge in [0.1, 0.15) is 5.82 Å².